The molecule has 0 spiro atoms. The zero-order valence-corrected chi connectivity index (χ0v) is 13.7. The van der Waals surface area contributed by atoms with Crippen molar-refractivity contribution in [3.63, 3.8) is 0 Å². The van der Waals surface area contributed by atoms with Crippen LogP contribution >= 0.6 is 0 Å². The standard InChI is InChI=1S/C19H17NO5/c1-2-24-17(21)12-16(13-8-4-3-5-9-13)25-20-18(22)14-10-6-7-11-15(14)19(20)23/h3-11,16H,2,12H2,1H3. The second kappa shape index (κ2) is 7.27. The van der Waals surface area contributed by atoms with E-state index in [1.165, 1.54) is 0 Å². The van der Waals surface area contributed by atoms with Crippen LogP contribution in [-0.4, -0.2) is 29.5 Å². The second-order valence-corrected chi connectivity index (χ2v) is 5.46. The fourth-order valence-corrected chi connectivity index (χ4v) is 2.65. The number of imide groups is 1. The summed E-state index contributed by atoms with van der Waals surface area (Å²) >= 11 is 0. The van der Waals surface area contributed by atoms with Gasteiger partial charge in [0.2, 0.25) is 0 Å². The maximum Gasteiger partial charge on any atom is 0.308 e. The number of amides is 2. The number of carbonyl (C=O) groups excluding carboxylic acids is 3. The summed E-state index contributed by atoms with van der Waals surface area (Å²) in [5, 5.41) is 0.724. The molecule has 6 nitrogen and oxygen atoms in total. The summed E-state index contributed by atoms with van der Waals surface area (Å²) in [4.78, 5) is 42.4. The van der Waals surface area contributed by atoms with E-state index in [0.717, 1.165) is 5.06 Å². The number of hydrogen-bond acceptors (Lipinski definition) is 5. The molecule has 2 amide bonds. The first kappa shape index (κ1) is 16.9. The Hall–Kier alpha value is -2.99. The van der Waals surface area contributed by atoms with Gasteiger partial charge in [0, 0.05) is 0 Å². The van der Waals surface area contributed by atoms with Gasteiger partial charge in [0.1, 0.15) is 6.10 Å². The number of fused-ring (bicyclic) bond motifs is 1. The van der Waals surface area contributed by atoms with E-state index in [2.05, 4.69) is 0 Å². The van der Waals surface area contributed by atoms with Gasteiger partial charge in [0.25, 0.3) is 11.8 Å². The van der Waals surface area contributed by atoms with E-state index >= 15 is 0 Å². The van der Waals surface area contributed by atoms with Crippen molar-refractivity contribution in [1.82, 2.24) is 5.06 Å². The highest BCUT2D eigenvalue weighted by atomic mass is 16.7. The smallest absolute Gasteiger partial charge is 0.308 e. The van der Waals surface area contributed by atoms with E-state index < -0.39 is 23.9 Å². The van der Waals surface area contributed by atoms with Gasteiger partial charge in [0.05, 0.1) is 24.2 Å². The van der Waals surface area contributed by atoms with Gasteiger partial charge in [-0.15, -0.1) is 5.06 Å². The van der Waals surface area contributed by atoms with Gasteiger partial charge in [-0.25, -0.2) is 0 Å². The molecule has 0 radical (unpaired) electrons. The van der Waals surface area contributed by atoms with Gasteiger partial charge in [-0.1, -0.05) is 42.5 Å². The van der Waals surface area contributed by atoms with Crippen LogP contribution in [0.2, 0.25) is 0 Å². The summed E-state index contributed by atoms with van der Waals surface area (Å²) in [6.45, 7) is 1.95. The molecular weight excluding hydrogens is 322 g/mol. The number of carbonyl (C=O) groups is 3. The summed E-state index contributed by atoms with van der Waals surface area (Å²) in [7, 11) is 0. The van der Waals surface area contributed by atoms with Gasteiger partial charge < -0.3 is 4.74 Å². The van der Waals surface area contributed by atoms with Crippen molar-refractivity contribution in [2.45, 2.75) is 19.4 Å². The largest absolute Gasteiger partial charge is 0.466 e. The third-order valence-electron chi connectivity index (χ3n) is 3.82. The molecule has 3 rings (SSSR count). The first-order chi connectivity index (χ1) is 12.1. The van der Waals surface area contributed by atoms with Crippen LogP contribution in [0.15, 0.2) is 54.6 Å². The highest BCUT2D eigenvalue weighted by Crippen LogP contribution is 2.29. The van der Waals surface area contributed by atoms with Gasteiger partial charge in [-0.05, 0) is 24.6 Å². The lowest BCUT2D eigenvalue weighted by molar-refractivity contribution is -0.161. The molecule has 2 aromatic rings. The van der Waals surface area contributed by atoms with E-state index in [-0.39, 0.29) is 24.2 Å². The van der Waals surface area contributed by atoms with Crippen LogP contribution in [0.3, 0.4) is 0 Å². The number of hydrogen-bond donors (Lipinski definition) is 0. The number of ether oxygens (including phenoxy) is 1. The molecular formula is C19H17NO5. The number of esters is 1. The monoisotopic (exact) mass is 339 g/mol. The Balaban J connectivity index is 1.85. The number of rotatable bonds is 6. The molecule has 0 aromatic heterocycles. The quantitative estimate of drug-likeness (QED) is 0.598. The van der Waals surface area contributed by atoms with E-state index in [0.29, 0.717) is 5.56 Å². The molecule has 1 atom stereocenters. The first-order valence-electron chi connectivity index (χ1n) is 7.97. The lowest BCUT2D eigenvalue weighted by Crippen LogP contribution is -2.32. The van der Waals surface area contributed by atoms with Crippen LogP contribution in [0, 0.1) is 0 Å². The summed E-state index contributed by atoms with van der Waals surface area (Å²) in [6, 6.07) is 15.4. The molecule has 1 unspecified atom stereocenters. The van der Waals surface area contributed by atoms with Crippen LogP contribution in [0.4, 0.5) is 0 Å². The third-order valence-corrected chi connectivity index (χ3v) is 3.82. The molecule has 1 heterocycles. The lowest BCUT2D eigenvalue weighted by atomic mass is 10.1. The molecule has 1 aliphatic heterocycles. The predicted molar refractivity (Wildman–Crippen MR) is 88.5 cm³/mol. The lowest BCUT2D eigenvalue weighted by Gasteiger charge is -2.22. The highest BCUT2D eigenvalue weighted by Gasteiger charge is 2.38. The van der Waals surface area contributed by atoms with Crippen LogP contribution < -0.4 is 0 Å². The fraction of sp³-hybridized carbons (Fsp3) is 0.211. The minimum atomic E-state index is -0.803. The molecule has 0 fully saturated rings. The average molecular weight is 339 g/mol. The van der Waals surface area contributed by atoms with E-state index in [1.54, 1.807) is 55.5 Å². The molecule has 6 heteroatoms. The number of benzene rings is 2. The highest BCUT2D eigenvalue weighted by molar-refractivity contribution is 6.20. The maximum atomic E-state index is 12.4. The Morgan fingerprint density at radius 1 is 0.960 bits per heavy atom. The topological polar surface area (TPSA) is 72.9 Å². The zero-order valence-electron chi connectivity index (χ0n) is 13.7. The molecule has 128 valence electrons. The molecule has 0 aliphatic carbocycles. The van der Waals surface area contributed by atoms with Crippen molar-refractivity contribution in [2.75, 3.05) is 6.61 Å². The summed E-state index contributed by atoms with van der Waals surface area (Å²) < 4.78 is 4.97. The summed E-state index contributed by atoms with van der Waals surface area (Å²) in [6.07, 6.45) is -0.909. The number of nitrogens with zero attached hydrogens (tertiary/aromatic N) is 1. The molecule has 1 aliphatic rings. The molecule has 2 aromatic carbocycles. The van der Waals surface area contributed by atoms with Crippen molar-refractivity contribution >= 4 is 17.8 Å². The van der Waals surface area contributed by atoms with Crippen molar-refractivity contribution in [3.05, 3.63) is 71.3 Å². The van der Waals surface area contributed by atoms with Crippen LogP contribution in [-0.2, 0) is 14.4 Å². The molecule has 0 saturated heterocycles. The predicted octanol–water partition coefficient (Wildman–Crippen LogP) is 2.91. The minimum Gasteiger partial charge on any atom is -0.466 e. The SMILES string of the molecule is CCOC(=O)CC(ON1C(=O)c2ccccc2C1=O)c1ccccc1. The van der Waals surface area contributed by atoms with E-state index in [4.69, 9.17) is 9.57 Å². The average Bonchev–Trinajstić information content (AvgIpc) is 2.87. The summed E-state index contributed by atoms with van der Waals surface area (Å²) in [5.41, 5.74) is 1.25. The molecule has 0 N–H and O–H groups in total. The minimum absolute atomic E-state index is 0.106. The van der Waals surface area contributed by atoms with Crippen molar-refractivity contribution in [1.29, 1.82) is 0 Å². The van der Waals surface area contributed by atoms with E-state index in [9.17, 15) is 14.4 Å². The molecule has 25 heavy (non-hydrogen) atoms. The zero-order chi connectivity index (χ0) is 17.8. The Kier molecular flexibility index (Phi) is 4.90. The van der Waals surface area contributed by atoms with Gasteiger partial charge in [0.15, 0.2) is 0 Å². The van der Waals surface area contributed by atoms with Gasteiger partial charge in [-0.3, -0.25) is 19.2 Å². The van der Waals surface area contributed by atoms with Gasteiger partial charge in [-0.2, -0.15) is 0 Å². The Morgan fingerprint density at radius 3 is 2.08 bits per heavy atom. The van der Waals surface area contributed by atoms with Crippen molar-refractivity contribution in [2.24, 2.45) is 0 Å². The van der Waals surface area contributed by atoms with Crippen molar-refractivity contribution in [3.8, 4) is 0 Å². The Bertz CT molecular complexity index is 767. The Labute approximate surface area is 144 Å². The number of hydroxylamine groups is 2. The van der Waals surface area contributed by atoms with Gasteiger partial charge >= 0.3 is 5.97 Å². The van der Waals surface area contributed by atoms with Crippen LogP contribution in [0.5, 0.6) is 0 Å². The van der Waals surface area contributed by atoms with E-state index in [1.807, 2.05) is 6.07 Å². The normalized spacial score (nSPS) is 14.4. The van der Waals surface area contributed by atoms with Crippen molar-refractivity contribution < 1.29 is 24.0 Å². The third kappa shape index (κ3) is 3.44. The molecule has 0 bridgehead atoms. The summed E-state index contributed by atoms with van der Waals surface area (Å²) in [5.74, 6) is -1.54. The Morgan fingerprint density at radius 2 is 1.52 bits per heavy atom. The van der Waals surface area contributed by atoms with Crippen LogP contribution in [0.1, 0.15) is 45.7 Å². The first-order valence-corrected chi connectivity index (χ1v) is 7.97. The maximum absolute atomic E-state index is 12.4. The van der Waals surface area contributed by atoms with Crippen LogP contribution in [0.25, 0.3) is 0 Å². The fourth-order valence-electron chi connectivity index (χ4n) is 2.65. The second-order valence-electron chi connectivity index (χ2n) is 5.46. The molecule has 0 saturated carbocycles.